The molecule has 0 rings (SSSR count). The lowest BCUT2D eigenvalue weighted by Crippen LogP contribution is -2.13. The molecule has 0 aliphatic heterocycles. The normalized spacial score (nSPS) is 12.6. The second-order valence-corrected chi connectivity index (χ2v) is 2.29. The highest BCUT2D eigenvalue weighted by Crippen LogP contribution is 2.03. The van der Waals surface area contributed by atoms with Crippen molar-refractivity contribution in [2.24, 2.45) is 0 Å². The summed E-state index contributed by atoms with van der Waals surface area (Å²) in [6, 6.07) is 0. The van der Waals surface area contributed by atoms with Crippen LogP contribution < -0.4 is 0 Å². The molecule has 0 bridgehead atoms. The van der Waals surface area contributed by atoms with E-state index < -0.39 is 0 Å². The Morgan fingerprint density at radius 1 is 1.80 bits per heavy atom. The van der Waals surface area contributed by atoms with Gasteiger partial charge < -0.3 is 4.74 Å². The van der Waals surface area contributed by atoms with Crippen molar-refractivity contribution in [2.45, 2.75) is 25.9 Å². The maximum absolute atomic E-state index is 10.6. The molecule has 0 saturated heterocycles. The highest BCUT2D eigenvalue weighted by Gasteiger charge is 2.06. The Morgan fingerprint density at radius 2 is 2.40 bits per heavy atom. The van der Waals surface area contributed by atoms with Gasteiger partial charge in [0.05, 0.1) is 6.10 Å². The van der Waals surface area contributed by atoms with E-state index in [2.05, 4.69) is 6.58 Å². The van der Waals surface area contributed by atoms with Gasteiger partial charge in [-0.15, -0.1) is 6.58 Å². The minimum absolute atomic E-state index is 0.0231. The zero-order valence-corrected chi connectivity index (χ0v) is 6.59. The molecule has 0 saturated carbocycles. The lowest BCUT2D eigenvalue weighted by atomic mass is 10.1. The van der Waals surface area contributed by atoms with Crippen LogP contribution in [0.2, 0.25) is 0 Å². The zero-order valence-electron chi connectivity index (χ0n) is 6.59. The fourth-order valence-corrected chi connectivity index (χ4v) is 0.769. The first-order chi connectivity index (χ1) is 4.70. The summed E-state index contributed by atoms with van der Waals surface area (Å²) in [6.45, 7) is 5.13. The Balaban J connectivity index is 3.59. The predicted octanol–water partition coefficient (Wildman–Crippen LogP) is 1.56. The van der Waals surface area contributed by atoms with Crippen LogP contribution in [0.25, 0.3) is 0 Å². The van der Waals surface area contributed by atoms with Crippen LogP contribution in [0.15, 0.2) is 12.7 Å². The van der Waals surface area contributed by atoms with Crippen molar-refractivity contribution in [1.29, 1.82) is 0 Å². The molecule has 0 spiro atoms. The van der Waals surface area contributed by atoms with Crippen LogP contribution in [0.5, 0.6) is 0 Å². The van der Waals surface area contributed by atoms with Gasteiger partial charge in [-0.2, -0.15) is 0 Å². The molecule has 0 aliphatic rings. The predicted molar refractivity (Wildman–Crippen MR) is 40.9 cm³/mol. The highest BCUT2D eigenvalue weighted by atomic mass is 16.5. The SMILES string of the molecule is C=CCC(CC(C)=O)OC. The average Bonchev–Trinajstić information content (AvgIpc) is 1.86. The van der Waals surface area contributed by atoms with Gasteiger partial charge in [-0.1, -0.05) is 6.08 Å². The molecule has 0 fully saturated rings. The molecule has 1 unspecified atom stereocenters. The molecular weight excluding hydrogens is 128 g/mol. The van der Waals surface area contributed by atoms with Crippen LogP contribution >= 0.6 is 0 Å². The van der Waals surface area contributed by atoms with Crippen molar-refractivity contribution in [1.82, 2.24) is 0 Å². The third kappa shape index (κ3) is 4.27. The van der Waals surface area contributed by atoms with Gasteiger partial charge in [0.1, 0.15) is 5.78 Å². The molecule has 0 radical (unpaired) electrons. The first kappa shape index (κ1) is 9.37. The van der Waals surface area contributed by atoms with E-state index in [0.29, 0.717) is 6.42 Å². The van der Waals surface area contributed by atoms with Crippen molar-refractivity contribution >= 4 is 5.78 Å². The first-order valence-corrected chi connectivity index (χ1v) is 3.33. The molecule has 1 atom stereocenters. The van der Waals surface area contributed by atoms with Gasteiger partial charge in [-0.05, 0) is 13.3 Å². The molecule has 0 heterocycles. The van der Waals surface area contributed by atoms with E-state index in [1.807, 2.05) is 0 Å². The summed E-state index contributed by atoms with van der Waals surface area (Å²) in [6.07, 6.45) is 3.02. The number of hydrogen-bond donors (Lipinski definition) is 0. The smallest absolute Gasteiger partial charge is 0.132 e. The lowest BCUT2D eigenvalue weighted by molar-refractivity contribution is -0.119. The number of rotatable bonds is 5. The van der Waals surface area contributed by atoms with Gasteiger partial charge in [0.25, 0.3) is 0 Å². The first-order valence-electron chi connectivity index (χ1n) is 3.33. The van der Waals surface area contributed by atoms with Crippen molar-refractivity contribution in [2.75, 3.05) is 7.11 Å². The van der Waals surface area contributed by atoms with Crippen LogP contribution in [0.1, 0.15) is 19.8 Å². The molecule has 10 heavy (non-hydrogen) atoms. The zero-order chi connectivity index (χ0) is 7.98. The van der Waals surface area contributed by atoms with Crippen LogP contribution in [0.4, 0.5) is 0 Å². The highest BCUT2D eigenvalue weighted by molar-refractivity contribution is 5.75. The Morgan fingerprint density at radius 3 is 2.70 bits per heavy atom. The van der Waals surface area contributed by atoms with Gasteiger partial charge >= 0.3 is 0 Å². The molecule has 0 N–H and O–H groups in total. The second kappa shape index (κ2) is 5.18. The van der Waals surface area contributed by atoms with E-state index in [9.17, 15) is 4.79 Å². The summed E-state index contributed by atoms with van der Waals surface area (Å²) in [5.74, 6) is 0.161. The van der Waals surface area contributed by atoms with Gasteiger partial charge in [-0.25, -0.2) is 0 Å². The van der Waals surface area contributed by atoms with E-state index in [1.54, 1.807) is 20.1 Å². The van der Waals surface area contributed by atoms with E-state index in [0.717, 1.165) is 6.42 Å². The van der Waals surface area contributed by atoms with Gasteiger partial charge in [-0.3, -0.25) is 4.79 Å². The van der Waals surface area contributed by atoms with Crippen molar-refractivity contribution in [3.8, 4) is 0 Å². The molecule has 2 heteroatoms. The Hall–Kier alpha value is -0.630. The maximum atomic E-state index is 10.6. The summed E-state index contributed by atoms with van der Waals surface area (Å²) in [7, 11) is 1.61. The average molecular weight is 142 g/mol. The van der Waals surface area contributed by atoms with Crippen LogP contribution in [-0.4, -0.2) is 19.0 Å². The van der Waals surface area contributed by atoms with Gasteiger partial charge in [0.2, 0.25) is 0 Å². The summed E-state index contributed by atoms with van der Waals surface area (Å²) < 4.78 is 5.01. The van der Waals surface area contributed by atoms with E-state index in [1.165, 1.54) is 0 Å². The summed E-state index contributed by atoms with van der Waals surface area (Å²) in [5, 5.41) is 0. The molecule has 0 aromatic rings. The minimum atomic E-state index is 0.0231. The largest absolute Gasteiger partial charge is 0.381 e. The van der Waals surface area contributed by atoms with Crippen LogP contribution in [0.3, 0.4) is 0 Å². The molecule has 0 aromatic carbocycles. The Labute approximate surface area is 61.9 Å². The van der Waals surface area contributed by atoms with E-state index in [4.69, 9.17) is 4.74 Å². The number of carbonyl (C=O) groups is 1. The molecule has 58 valence electrons. The Kier molecular flexibility index (Phi) is 4.85. The topological polar surface area (TPSA) is 26.3 Å². The summed E-state index contributed by atoms with van der Waals surface area (Å²) >= 11 is 0. The fraction of sp³-hybridized carbons (Fsp3) is 0.625. The fourth-order valence-electron chi connectivity index (χ4n) is 0.769. The Bertz CT molecular complexity index is 118. The number of Topliss-reactive ketones (excluding diaryl/α,β-unsaturated/α-hetero) is 1. The van der Waals surface area contributed by atoms with Crippen molar-refractivity contribution in [3.63, 3.8) is 0 Å². The number of ketones is 1. The molecule has 2 nitrogen and oxygen atoms in total. The van der Waals surface area contributed by atoms with Gasteiger partial charge in [0, 0.05) is 13.5 Å². The minimum Gasteiger partial charge on any atom is -0.381 e. The van der Waals surface area contributed by atoms with Crippen LogP contribution in [-0.2, 0) is 9.53 Å². The molecule has 0 aromatic heterocycles. The maximum Gasteiger partial charge on any atom is 0.132 e. The monoisotopic (exact) mass is 142 g/mol. The number of hydrogen-bond acceptors (Lipinski definition) is 2. The van der Waals surface area contributed by atoms with Crippen LogP contribution in [0, 0.1) is 0 Å². The van der Waals surface area contributed by atoms with E-state index in [-0.39, 0.29) is 11.9 Å². The third-order valence-corrected chi connectivity index (χ3v) is 1.28. The molecule has 0 amide bonds. The van der Waals surface area contributed by atoms with Crippen molar-refractivity contribution < 1.29 is 9.53 Å². The lowest BCUT2D eigenvalue weighted by Gasteiger charge is -2.09. The quantitative estimate of drug-likeness (QED) is 0.544. The molecule has 0 aliphatic carbocycles. The summed E-state index contributed by atoms with van der Waals surface area (Å²) in [5.41, 5.74) is 0. The number of methoxy groups -OCH3 is 1. The third-order valence-electron chi connectivity index (χ3n) is 1.28. The van der Waals surface area contributed by atoms with Crippen molar-refractivity contribution in [3.05, 3.63) is 12.7 Å². The second-order valence-electron chi connectivity index (χ2n) is 2.29. The number of ether oxygens (including phenoxy) is 1. The summed E-state index contributed by atoms with van der Waals surface area (Å²) in [4.78, 5) is 10.6. The van der Waals surface area contributed by atoms with E-state index >= 15 is 0 Å². The molecular formula is C8H14O2. The number of carbonyl (C=O) groups excluding carboxylic acids is 1. The standard InChI is InChI=1S/C8H14O2/c1-4-5-8(10-3)6-7(2)9/h4,8H,1,5-6H2,2-3H3. The van der Waals surface area contributed by atoms with Gasteiger partial charge in [0.15, 0.2) is 0 Å².